The number of hydrogen-bond acceptors (Lipinski definition) is 4. The van der Waals surface area contributed by atoms with Crippen molar-refractivity contribution in [2.24, 2.45) is 10.9 Å². The van der Waals surface area contributed by atoms with Crippen LogP contribution in [0.1, 0.15) is 30.2 Å². The highest BCUT2D eigenvalue weighted by atomic mass is 16.5. The molecule has 146 valence electrons. The molecule has 1 aromatic heterocycles. The smallest absolute Gasteiger partial charge is 0.191 e. The van der Waals surface area contributed by atoms with Crippen molar-refractivity contribution in [1.29, 1.82) is 0 Å². The highest BCUT2D eigenvalue weighted by molar-refractivity contribution is 5.79. The Morgan fingerprint density at radius 3 is 2.96 bits per heavy atom. The number of aliphatic imine (C=N–C) groups is 1. The Balaban J connectivity index is 1.63. The molecule has 2 N–H and O–H groups in total. The van der Waals surface area contributed by atoms with Crippen LogP contribution >= 0.6 is 0 Å². The van der Waals surface area contributed by atoms with Crippen LogP contribution in [0.5, 0.6) is 5.75 Å². The van der Waals surface area contributed by atoms with Gasteiger partial charge in [0.1, 0.15) is 11.5 Å². The summed E-state index contributed by atoms with van der Waals surface area (Å²) in [5.41, 5.74) is 2.26. The van der Waals surface area contributed by atoms with Crippen molar-refractivity contribution >= 4 is 5.96 Å². The van der Waals surface area contributed by atoms with Crippen LogP contribution in [-0.4, -0.2) is 32.3 Å². The zero-order valence-corrected chi connectivity index (χ0v) is 16.2. The molecule has 1 aromatic carbocycles. The van der Waals surface area contributed by atoms with Crippen LogP contribution in [0.4, 0.5) is 0 Å². The van der Waals surface area contributed by atoms with Crippen LogP contribution in [0.25, 0.3) is 0 Å². The lowest BCUT2D eigenvalue weighted by Gasteiger charge is -2.15. The molecular weight excluding hydrogens is 342 g/mol. The van der Waals surface area contributed by atoms with Gasteiger partial charge in [-0.3, -0.25) is 0 Å². The van der Waals surface area contributed by atoms with Crippen molar-refractivity contribution in [3.05, 3.63) is 53.5 Å². The normalized spacial score (nSPS) is 17.1. The van der Waals surface area contributed by atoms with Gasteiger partial charge in [0.2, 0.25) is 0 Å². The highest BCUT2D eigenvalue weighted by Crippen LogP contribution is 2.23. The number of furan rings is 1. The number of aryl methyl sites for hydroxylation is 1. The van der Waals surface area contributed by atoms with Crippen LogP contribution in [-0.2, 0) is 17.8 Å². The highest BCUT2D eigenvalue weighted by Gasteiger charge is 2.17. The number of rotatable bonds is 8. The van der Waals surface area contributed by atoms with E-state index < -0.39 is 0 Å². The van der Waals surface area contributed by atoms with Gasteiger partial charge in [0, 0.05) is 24.6 Å². The summed E-state index contributed by atoms with van der Waals surface area (Å²) in [6, 6.07) is 10.1. The summed E-state index contributed by atoms with van der Waals surface area (Å²) >= 11 is 0. The molecule has 6 heteroatoms. The van der Waals surface area contributed by atoms with Crippen LogP contribution in [0.2, 0.25) is 0 Å². The van der Waals surface area contributed by atoms with Crippen molar-refractivity contribution in [2.45, 2.75) is 33.4 Å². The molecule has 0 amide bonds. The first-order valence-corrected chi connectivity index (χ1v) is 9.59. The number of benzene rings is 1. The Kier molecular flexibility index (Phi) is 7.16. The zero-order chi connectivity index (χ0) is 18.9. The average Bonchev–Trinajstić information content (AvgIpc) is 3.37. The Labute approximate surface area is 161 Å². The molecule has 2 aromatic rings. The molecule has 1 saturated heterocycles. The van der Waals surface area contributed by atoms with Crippen LogP contribution in [0, 0.1) is 12.8 Å². The first-order chi connectivity index (χ1) is 13.2. The summed E-state index contributed by atoms with van der Waals surface area (Å²) in [7, 11) is 0. The van der Waals surface area contributed by atoms with Crippen LogP contribution in [0.3, 0.4) is 0 Å². The Morgan fingerprint density at radius 1 is 1.30 bits per heavy atom. The lowest BCUT2D eigenvalue weighted by atomic mass is 10.1. The van der Waals surface area contributed by atoms with Gasteiger partial charge in [-0.1, -0.05) is 12.1 Å². The van der Waals surface area contributed by atoms with E-state index in [1.807, 2.05) is 19.1 Å². The second-order valence-corrected chi connectivity index (χ2v) is 6.78. The van der Waals surface area contributed by atoms with E-state index in [2.05, 4.69) is 35.8 Å². The molecule has 1 unspecified atom stereocenters. The maximum absolute atomic E-state index is 6.11. The minimum atomic E-state index is 0.481. The predicted molar refractivity (Wildman–Crippen MR) is 106 cm³/mol. The summed E-state index contributed by atoms with van der Waals surface area (Å²) < 4.78 is 16.9. The predicted octanol–water partition coefficient (Wildman–Crippen LogP) is 3.26. The van der Waals surface area contributed by atoms with E-state index in [4.69, 9.17) is 18.9 Å². The molecule has 2 heterocycles. The third kappa shape index (κ3) is 6.03. The molecule has 1 fully saturated rings. The van der Waals surface area contributed by atoms with Gasteiger partial charge >= 0.3 is 0 Å². The van der Waals surface area contributed by atoms with Gasteiger partial charge in [0.15, 0.2) is 5.96 Å². The van der Waals surface area contributed by atoms with Crippen LogP contribution in [0.15, 0.2) is 46.0 Å². The largest absolute Gasteiger partial charge is 0.493 e. The Morgan fingerprint density at radius 2 is 2.22 bits per heavy atom. The van der Waals surface area contributed by atoms with Gasteiger partial charge in [-0.05, 0) is 44.0 Å². The maximum Gasteiger partial charge on any atom is 0.191 e. The minimum Gasteiger partial charge on any atom is -0.493 e. The van der Waals surface area contributed by atoms with Gasteiger partial charge in [-0.25, -0.2) is 4.99 Å². The molecule has 1 aliphatic heterocycles. The first kappa shape index (κ1) is 19.3. The first-order valence-electron chi connectivity index (χ1n) is 9.59. The number of hydrogen-bond donors (Lipinski definition) is 2. The molecule has 1 atom stereocenters. The average molecular weight is 371 g/mol. The zero-order valence-electron chi connectivity index (χ0n) is 16.2. The standard InChI is InChI=1S/C21H29N3O3/c1-3-22-21(24-13-19-5-4-9-26-19)23-12-18-7-6-16(2)11-20(18)27-15-17-8-10-25-14-17/h4-7,9,11,17H,3,8,10,12-15H2,1-2H3,(H2,22,23,24). The van der Waals surface area contributed by atoms with E-state index >= 15 is 0 Å². The SMILES string of the molecule is CCNC(=NCc1ccc(C)cc1OCC1CCOC1)NCc1ccco1. The summed E-state index contributed by atoms with van der Waals surface area (Å²) in [5, 5.41) is 6.55. The second kappa shape index (κ2) is 10.0. The molecule has 3 rings (SSSR count). The summed E-state index contributed by atoms with van der Waals surface area (Å²) in [4.78, 5) is 4.70. The summed E-state index contributed by atoms with van der Waals surface area (Å²) in [5.74, 6) is 3.02. The fraction of sp³-hybridized carbons (Fsp3) is 0.476. The lowest BCUT2D eigenvalue weighted by molar-refractivity contribution is 0.166. The maximum atomic E-state index is 6.11. The minimum absolute atomic E-state index is 0.481. The molecule has 0 aliphatic carbocycles. The summed E-state index contributed by atoms with van der Waals surface area (Å²) in [6.45, 7) is 8.39. The third-order valence-electron chi connectivity index (χ3n) is 4.48. The van der Waals surface area contributed by atoms with Gasteiger partial charge in [-0.15, -0.1) is 0 Å². The van der Waals surface area contributed by atoms with E-state index in [9.17, 15) is 0 Å². The van der Waals surface area contributed by atoms with E-state index in [1.165, 1.54) is 5.56 Å². The van der Waals surface area contributed by atoms with Gasteiger partial charge < -0.3 is 24.5 Å². The number of nitrogens with one attached hydrogen (secondary N) is 2. The third-order valence-corrected chi connectivity index (χ3v) is 4.48. The second-order valence-electron chi connectivity index (χ2n) is 6.78. The number of guanidine groups is 1. The van der Waals surface area contributed by atoms with Crippen molar-refractivity contribution in [2.75, 3.05) is 26.4 Å². The quantitative estimate of drug-likeness (QED) is 0.551. The molecule has 27 heavy (non-hydrogen) atoms. The van der Waals surface area contributed by atoms with Crippen molar-refractivity contribution in [3.8, 4) is 5.75 Å². The monoisotopic (exact) mass is 371 g/mol. The van der Waals surface area contributed by atoms with E-state index in [0.717, 1.165) is 49.2 Å². The molecule has 0 bridgehead atoms. The molecule has 6 nitrogen and oxygen atoms in total. The fourth-order valence-electron chi connectivity index (χ4n) is 2.94. The van der Waals surface area contributed by atoms with Crippen molar-refractivity contribution < 1.29 is 13.9 Å². The van der Waals surface area contributed by atoms with E-state index in [-0.39, 0.29) is 0 Å². The topological polar surface area (TPSA) is 68.0 Å². The van der Waals surface area contributed by atoms with Crippen molar-refractivity contribution in [1.82, 2.24) is 10.6 Å². The van der Waals surface area contributed by atoms with Gasteiger partial charge in [-0.2, -0.15) is 0 Å². The number of nitrogens with zero attached hydrogens (tertiary/aromatic N) is 1. The molecular formula is C21H29N3O3. The van der Waals surface area contributed by atoms with E-state index in [1.54, 1.807) is 6.26 Å². The summed E-state index contributed by atoms with van der Waals surface area (Å²) in [6.07, 6.45) is 2.74. The Bertz CT molecular complexity index is 722. The molecule has 0 radical (unpaired) electrons. The van der Waals surface area contributed by atoms with Gasteiger partial charge in [0.25, 0.3) is 0 Å². The molecule has 0 spiro atoms. The molecule has 1 aliphatic rings. The Hall–Kier alpha value is -2.47. The fourth-order valence-corrected chi connectivity index (χ4v) is 2.94. The van der Waals surface area contributed by atoms with Crippen molar-refractivity contribution in [3.63, 3.8) is 0 Å². The molecule has 0 saturated carbocycles. The lowest BCUT2D eigenvalue weighted by Crippen LogP contribution is -2.36. The number of ether oxygens (including phenoxy) is 2. The van der Waals surface area contributed by atoms with E-state index in [0.29, 0.717) is 25.6 Å². The van der Waals surface area contributed by atoms with Crippen LogP contribution < -0.4 is 15.4 Å². The van der Waals surface area contributed by atoms with Gasteiger partial charge in [0.05, 0.1) is 32.6 Å².